The Labute approximate surface area is 229 Å². The third kappa shape index (κ3) is 7.39. The van der Waals surface area contributed by atoms with Gasteiger partial charge in [0.1, 0.15) is 5.60 Å². The van der Waals surface area contributed by atoms with Crippen LogP contribution < -0.4 is 4.90 Å². The number of urea groups is 1. The number of likely N-dealkylation sites (N-methyl/N-ethyl adjacent to an activating group) is 1. The average molecular weight is 574 g/mol. The van der Waals surface area contributed by atoms with E-state index in [1.165, 1.54) is 16.8 Å². The summed E-state index contributed by atoms with van der Waals surface area (Å²) in [6.07, 6.45) is -10.3. The highest BCUT2D eigenvalue weighted by molar-refractivity contribution is 5.92. The van der Waals surface area contributed by atoms with E-state index in [0.717, 1.165) is 23.1 Å². The number of hydrogen-bond acceptors (Lipinski definition) is 3. The third-order valence-corrected chi connectivity index (χ3v) is 6.78. The molecule has 2 aromatic carbocycles. The molecule has 220 valence electrons. The van der Waals surface area contributed by atoms with E-state index in [4.69, 9.17) is 4.74 Å². The lowest BCUT2D eigenvalue weighted by Gasteiger charge is -2.43. The first-order chi connectivity index (χ1) is 18.3. The van der Waals surface area contributed by atoms with E-state index >= 15 is 0 Å². The number of halogens is 6. The van der Waals surface area contributed by atoms with Crippen LogP contribution in [0.3, 0.4) is 0 Å². The standard InChI is InChI=1S/C28H33F6N3O3/c1-17-7-9-18(10-8-17)22-16-37(25(39)40-26(2,3)4)12-11-23(22)36(6)24(38)35(5)21-14-19(27(29,30)31)13-20(15-21)28(32,33)34/h7-10,13-15,22-23H,11-12,16H2,1-6H3/t22-,23+/m0/s1. The average Bonchev–Trinajstić information content (AvgIpc) is 2.85. The molecule has 1 aliphatic rings. The highest BCUT2D eigenvalue weighted by atomic mass is 19.4. The molecule has 2 aromatic rings. The Morgan fingerprint density at radius 1 is 0.900 bits per heavy atom. The quantitative estimate of drug-likeness (QED) is 0.362. The van der Waals surface area contributed by atoms with Gasteiger partial charge in [-0.25, -0.2) is 9.59 Å². The minimum atomic E-state index is -5.04. The van der Waals surface area contributed by atoms with Crippen LogP contribution in [0.1, 0.15) is 55.4 Å². The van der Waals surface area contributed by atoms with Crippen molar-refractivity contribution in [3.05, 3.63) is 64.7 Å². The monoisotopic (exact) mass is 573 g/mol. The lowest BCUT2D eigenvalue weighted by atomic mass is 9.85. The van der Waals surface area contributed by atoms with Crippen molar-refractivity contribution in [1.29, 1.82) is 0 Å². The molecular formula is C28H33F6N3O3. The van der Waals surface area contributed by atoms with Crippen molar-refractivity contribution in [2.75, 3.05) is 32.1 Å². The minimum absolute atomic E-state index is 0.0192. The molecule has 0 aromatic heterocycles. The van der Waals surface area contributed by atoms with Gasteiger partial charge in [-0.3, -0.25) is 4.90 Å². The van der Waals surface area contributed by atoms with Gasteiger partial charge in [0.25, 0.3) is 0 Å². The Morgan fingerprint density at radius 2 is 1.43 bits per heavy atom. The first kappa shape index (κ1) is 31.1. The summed E-state index contributed by atoms with van der Waals surface area (Å²) >= 11 is 0. The fourth-order valence-corrected chi connectivity index (χ4v) is 4.66. The van der Waals surface area contributed by atoms with Crippen LogP contribution in [0.25, 0.3) is 0 Å². The van der Waals surface area contributed by atoms with Crippen LogP contribution in [0.5, 0.6) is 0 Å². The number of hydrogen-bond donors (Lipinski definition) is 0. The number of aryl methyl sites for hydroxylation is 1. The normalized spacial score (nSPS) is 18.4. The van der Waals surface area contributed by atoms with Crippen molar-refractivity contribution in [2.45, 2.75) is 64.0 Å². The smallest absolute Gasteiger partial charge is 0.416 e. The maximum absolute atomic E-state index is 13.5. The molecule has 1 saturated heterocycles. The molecule has 1 heterocycles. The molecule has 0 aliphatic carbocycles. The molecule has 3 rings (SSSR count). The minimum Gasteiger partial charge on any atom is -0.444 e. The van der Waals surface area contributed by atoms with Crippen LogP contribution in [0.15, 0.2) is 42.5 Å². The van der Waals surface area contributed by atoms with Gasteiger partial charge in [0, 0.05) is 44.8 Å². The van der Waals surface area contributed by atoms with Crippen LogP contribution in [0, 0.1) is 6.92 Å². The summed E-state index contributed by atoms with van der Waals surface area (Å²) in [5.74, 6) is -0.392. The molecule has 12 heteroatoms. The molecule has 0 bridgehead atoms. The second kappa shape index (κ2) is 11.2. The van der Waals surface area contributed by atoms with Crippen molar-refractivity contribution in [1.82, 2.24) is 9.80 Å². The zero-order valence-electron chi connectivity index (χ0n) is 23.2. The predicted molar refractivity (Wildman–Crippen MR) is 138 cm³/mol. The summed E-state index contributed by atoms with van der Waals surface area (Å²) in [5.41, 5.74) is -2.47. The van der Waals surface area contributed by atoms with E-state index in [2.05, 4.69) is 0 Å². The number of ether oxygens (including phenoxy) is 1. The van der Waals surface area contributed by atoms with E-state index in [1.54, 1.807) is 20.8 Å². The van der Waals surface area contributed by atoms with Crippen LogP contribution in [0.4, 0.5) is 41.6 Å². The number of carbonyl (C=O) groups is 2. The van der Waals surface area contributed by atoms with Gasteiger partial charge < -0.3 is 14.5 Å². The summed E-state index contributed by atoms with van der Waals surface area (Å²) in [7, 11) is 2.58. The van der Waals surface area contributed by atoms with Gasteiger partial charge in [-0.15, -0.1) is 0 Å². The lowest BCUT2D eigenvalue weighted by molar-refractivity contribution is -0.143. The van der Waals surface area contributed by atoms with Gasteiger partial charge in [-0.2, -0.15) is 26.3 Å². The van der Waals surface area contributed by atoms with Crippen molar-refractivity contribution >= 4 is 17.8 Å². The molecule has 1 aliphatic heterocycles. The molecule has 1 fully saturated rings. The van der Waals surface area contributed by atoms with E-state index in [9.17, 15) is 35.9 Å². The zero-order valence-corrected chi connectivity index (χ0v) is 23.2. The van der Waals surface area contributed by atoms with Gasteiger partial charge in [-0.05, 0) is 57.9 Å². The van der Waals surface area contributed by atoms with Crippen molar-refractivity contribution in [3.63, 3.8) is 0 Å². The number of amides is 3. The molecular weight excluding hydrogens is 540 g/mol. The molecule has 0 unspecified atom stereocenters. The molecule has 0 spiro atoms. The van der Waals surface area contributed by atoms with Crippen LogP contribution >= 0.6 is 0 Å². The summed E-state index contributed by atoms with van der Waals surface area (Å²) < 4.78 is 85.9. The SMILES string of the molecule is Cc1ccc([C@@H]2CN(C(=O)OC(C)(C)C)CC[C@H]2N(C)C(=O)N(C)c2cc(C(F)(F)F)cc(C(F)(F)F)c2)cc1. The van der Waals surface area contributed by atoms with Gasteiger partial charge in [0.2, 0.25) is 0 Å². The number of benzene rings is 2. The van der Waals surface area contributed by atoms with Gasteiger partial charge in [-0.1, -0.05) is 29.8 Å². The van der Waals surface area contributed by atoms with Gasteiger partial charge in [0.05, 0.1) is 11.1 Å². The number of alkyl halides is 6. The van der Waals surface area contributed by atoms with E-state index in [0.29, 0.717) is 18.6 Å². The van der Waals surface area contributed by atoms with Crippen LogP contribution in [-0.4, -0.2) is 60.8 Å². The molecule has 6 nitrogen and oxygen atoms in total. The zero-order chi connectivity index (χ0) is 30.2. The highest BCUT2D eigenvalue weighted by Crippen LogP contribution is 2.39. The van der Waals surface area contributed by atoms with Crippen molar-refractivity contribution in [3.8, 4) is 0 Å². The number of rotatable bonds is 3. The molecule has 40 heavy (non-hydrogen) atoms. The van der Waals surface area contributed by atoms with E-state index < -0.39 is 58.9 Å². The Balaban J connectivity index is 1.93. The fraction of sp³-hybridized carbons (Fsp3) is 0.500. The van der Waals surface area contributed by atoms with Crippen molar-refractivity contribution in [2.24, 2.45) is 0 Å². The number of anilines is 1. The third-order valence-electron chi connectivity index (χ3n) is 6.78. The predicted octanol–water partition coefficient (Wildman–Crippen LogP) is 7.31. The topological polar surface area (TPSA) is 53.1 Å². The Hall–Kier alpha value is -3.44. The number of nitrogens with zero attached hydrogens (tertiary/aromatic N) is 3. The second-order valence-corrected chi connectivity index (χ2v) is 11.0. The molecule has 0 radical (unpaired) electrons. The fourth-order valence-electron chi connectivity index (χ4n) is 4.66. The molecule has 0 saturated carbocycles. The molecule has 0 N–H and O–H groups in total. The summed E-state index contributed by atoms with van der Waals surface area (Å²) in [5, 5.41) is 0. The number of piperidine rings is 1. The summed E-state index contributed by atoms with van der Waals surface area (Å²) in [6, 6.07) is 7.26. The molecule has 3 amide bonds. The summed E-state index contributed by atoms with van der Waals surface area (Å²) in [4.78, 5) is 29.9. The van der Waals surface area contributed by atoms with Crippen molar-refractivity contribution < 1.29 is 40.7 Å². The Kier molecular flexibility index (Phi) is 8.71. The van der Waals surface area contributed by atoms with Gasteiger partial charge >= 0.3 is 24.5 Å². The second-order valence-electron chi connectivity index (χ2n) is 11.0. The molecule has 2 atom stereocenters. The van der Waals surface area contributed by atoms with Crippen LogP contribution in [-0.2, 0) is 17.1 Å². The van der Waals surface area contributed by atoms with E-state index in [-0.39, 0.29) is 19.2 Å². The Morgan fingerprint density at radius 3 is 1.90 bits per heavy atom. The number of carbonyl (C=O) groups excluding carboxylic acids is 2. The number of likely N-dealkylation sites (tertiary alicyclic amines) is 1. The summed E-state index contributed by atoms with van der Waals surface area (Å²) in [6.45, 7) is 7.58. The first-order valence-corrected chi connectivity index (χ1v) is 12.6. The lowest BCUT2D eigenvalue weighted by Crippen LogP contribution is -2.54. The first-order valence-electron chi connectivity index (χ1n) is 12.6. The largest absolute Gasteiger partial charge is 0.444 e. The van der Waals surface area contributed by atoms with E-state index in [1.807, 2.05) is 31.2 Å². The maximum atomic E-state index is 13.5. The van der Waals surface area contributed by atoms with Crippen LogP contribution in [0.2, 0.25) is 0 Å². The Bertz CT molecular complexity index is 1190. The van der Waals surface area contributed by atoms with Gasteiger partial charge in [0.15, 0.2) is 0 Å². The maximum Gasteiger partial charge on any atom is 0.416 e. The highest BCUT2D eigenvalue weighted by Gasteiger charge is 2.40.